The first kappa shape index (κ1) is 19.3. The highest BCUT2D eigenvalue weighted by molar-refractivity contribution is 7.17. The van der Waals surface area contributed by atoms with Crippen molar-refractivity contribution in [3.8, 4) is 10.4 Å². The summed E-state index contributed by atoms with van der Waals surface area (Å²) < 4.78 is 18.1. The Balaban J connectivity index is 1.34. The number of aromatic nitrogens is 1. The van der Waals surface area contributed by atoms with Crippen LogP contribution in [-0.4, -0.2) is 35.0 Å². The number of benzene rings is 1. The maximum atomic E-state index is 13.1. The molecule has 0 atom stereocenters. The van der Waals surface area contributed by atoms with Gasteiger partial charge in [0.2, 0.25) is 5.91 Å². The van der Waals surface area contributed by atoms with Gasteiger partial charge < -0.3 is 14.7 Å². The van der Waals surface area contributed by atoms with E-state index >= 15 is 0 Å². The quantitative estimate of drug-likeness (QED) is 0.690. The molecule has 1 aliphatic heterocycles. The number of rotatable bonds is 4. The number of piperidine rings is 1. The minimum atomic E-state index is -0.285. The lowest BCUT2D eigenvalue weighted by atomic mass is 9.96. The molecular formula is C21H20FN3O3S. The second-order valence-corrected chi connectivity index (χ2v) is 8.13. The molecule has 1 fully saturated rings. The van der Waals surface area contributed by atoms with E-state index in [0.717, 1.165) is 10.4 Å². The maximum absolute atomic E-state index is 13.1. The van der Waals surface area contributed by atoms with Gasteiger partial charge in [0.15, 0.2) is 5.82 Å². The summed E-state index contributed by atoms with van der Waals surface area (Å²) in [5.74, 6) is 0.477. The minimum absolute atomic E-state index is 0.0330. The second kappa shape index (κ2) is 8.16. The van der Waals surface area contributed by atoms with Crippen LogP contribution in [0.25, 0.3) is 10.4 Å². The summed E-state index contributed by atoms with van der Waals surface area (Å²) in [6, 6.07) is 11.6. The molecular weight excluding hydrogens is 393 g/mol. The van der Waals surface area contributed by atoms with Gasteiger partial charge in [-0.3, -0.25) is 9.59 Å². The highest BCUT2D eigenvalue weighted by Gasteiger charge is 2.29. The van der Waals surface area contributed by atoms with Crippen LogP contribution in [0.1, 0.15) is 28.3 Å². The van der Waals surface area contributed by atoms with Crippen LogP contribution < -0.4 is 5.32 Å². The number of thiophene rings is 1. The molecule has 3 aromatic rings. The van der Waals surface area contributed by atoms with Gasteiger partial charge in [-0.15, -0.1) is 11.3 Å². The Hall–Kier alpha value is -3.00. The fourth-order valence-electron chi connectivity index (χ4n) is 3.38. The summed E-state index contributed by atoms with van der Waals surface area (Å²) in [6.07, 6.45) is 1.20. The summed E-state index contributed by atoms with van der Waals surface area (Å²) in [5.41, 5.74) is 0.883. The molecule has 150 valence electrons. The van der Waals surface area contributed by atoms with Crippen LogP contribution in [0.5, 0.6) is 0 Å². The van der Waals surface area contributed by atoms with Gasteiger partial charge in [-0.25, -0.2) is 4.39 Å². The van der Waals surface area contributed by atoms with Crippen LogP contribution >= 0.6 is 11.3 Å². The molecule has 0 bridgehead atoms. The Bertz CT molecular complexity index is 1020. The van der Waals surface area contributed by atoms with Crippen molar-refractivity contribution < 1.29 is 18.5 Å². The minimum Gasteiger partial charge on any atom is -0.360 e. The van der Waals surface area contributed by atoms with Crippen molar-refractivity contribution in [2.24, 2.45) is 5.92 Å². The summed E-state index contributed by atoms with van der Waals surface area (Å²) in [4.78, 5) is 28.6. The van der Waals surface area contributed by atoms with Crippen molar-refractivity contribution in [3.05, 3.63) is 58.9 Å². The van der Waals surface area contributed by atoms with Gasteiger partial charge in [-0.05, 0) is 49.6 Å². The van der Waals surface area contributed by atoms with Crippen molar-refractivity contribution in [1.29, 1.82) is 0 Å². The number of hydrogen-bond donors (Lipinski definition) is 1. The summed E-state index contributed by atoms with van der Waals surface area (Å²) in [6.45, 7) is 2.82. The van der Waals surface area contributed by atoms with Crippen molar-refractivity contribution in [2.75, 3.05) is 18.4 Å². The number of amides is 2. The van der Waals surface area contributed by atoms with Crippen molar-refractivity contribution in [1.82, 2.24) is 10.1 Å². The van der Waals surface area contributed by atoms with E-state index in [2.05, 4.69) is 10.5 Å². The molecule has 2 amide bonds. The average molecular weight is 413 g/mol. The Kier molecular flexibility index (Phi) is 5.44. The molecule has 6 nitrogen and oxygen atoms in total. The van der Waals surface area contributed by atoms with Crippen LogP contribution in [0.2, 0.25) is 0 Å². The average Bonchev–Trinajstić information content (AvgIpc) is 3.37. The Morgan fingerprint density at radius 3 is 2.55 bits per heavy atom. The molecule has 2 aromatic heterocycles. The van der Waals surface area contributed by atoms with E-state index < -0.39 is 0 Å². The van der Waals surface area contributed by atoms with Gasteiger partial charge in [-0.1, -0.05) is 17.3 Å². The fraction of sp³-hybridized carbons (Fsp3) is 0.286. The number of nitrogens with zero attached hydrogens (tertiary/aromatic N) is 2. The van der Waals surface area contributed by atoms with E-state index in [0.29, 0.717) is 42.4 Å². The Morgan fingerprint density at radius 2 is 1.90 bits per heavy atom. The van der Waals surface area contributed by atoms with Gasteiger partial charge in [0.25, 0.3) is 5.91 Å². The molecule has 0 unspecified atom stereocenters. The monoisotopic (exact) mass is 413 g/mol. The molecule has 1 aromatic carbocycles. The van der Waals surface area contributed by atoms with Crippen LogP contribution in [0, 0.1) is 18.7 Å². The van der Waals surface area contributed by atoms with Gasteiger partial charge in [-0.2, -0.15) is 0 Å². The largest absolute Gasteiger partial charge is 0.360 e. The van der Waals surface area contributed by atoms with Crippen LogP contribution in [0.15, 0.2) is 47.0 Å². The first-order valence-electron chi connectivity index (χ1n) is 9.39. The van der Waals surface area contributed by atoms with Gasteiger partial charge in [0.05, 0.1) is 4.88 Å². The topological polar surface area (TPSA) is 75.4 Å². The number of halogens is 1. The normalized spacial score (nSPS) is 14.8. The highest BCUT2D eigenvalue weighted by atomic mass is 32.1. The molecule has 29 heavy (non-hydrogen) atoms. The van der Waals surface area contributed by atoms with Gasteiger partial charge in [0, 0.05) is 30.0 Å². The first-order chi connectivity index (χ1) is 14.0. The lowest BCUT2D eigenvalue weighted by Crippen LogP contribution is -2.41. The van der Waals surface area contributed by atoms with Gasteiger partial charge >= 0.3 is 0 Å². The maximum Gasteiger partial charge on any atom is 0.263 e. The summed E-state index contributed by atoms with van der Waals surface area (Å²) in [7, 11) is 0. The molecule has 3 heterocycles. The number of hydrogen-bond acceptors (Lipinski definition) is 5. The van der Waals surface area contributed by atoms with Crippen LogP contribution in [0.4, 0.5) is 10.2 Å². The highest BCUT2D eigenvalue weighted by Crippen LogP contribution is 2.30. The lowest BCUT2D eigenvalue weighted by Gasteiger charge is -2.30. The smallest absolute Gasteiger partial charge is 0.263 e. The number of anilines is 1. The van der Waals surface area contributed by atoms with Crippen molar-refractivity contribution >= 4 is 29.0 Å². The number of aryl methyl sites for hydroxylation is 1. The zero-order valence-corrected chi connectivity index (χ0v) is 16.7. The summed E-state index contributed by atoms with van der Waals surface area (Å²) >= 11 is 1.39. The zero-order chi connectivity index (χ0) is 20.4. The Morgan fingerprint density at radius 1 is 1.17 bits per heavy atom. The van der Waals surface area contributed by atoms with E-state index in [9.17, 15) is 14.0 Å². The molecule has 1 aliphatic rings. The molecule has 0 saturated carbocycles. The second-order valence-electron chi connectivity index (χ2n) is 7.05. The first-order valence-corrected chi connectivity index (χ1v) is 10.2. The van der Waals surface area contributed by atoms with E-state index in [-0.39, 0.29) is 23.5 Å². The number of likely N-dealkylation sites (tertiary alicyclic amines) is 1. The fourth-order valence-corrected chi connectivity index (χ4v) is 4.36. The molecule has 0 radical (unpaired) electrons. The number of carbonyl (C=O) groups excluding carboxylic acids is 2. The third-order valence-electron chi connectivity index (χ3n) is 4.98. The molecule has 8 heteroatoms. The van der Waals surface area contributed by atoms with Crippen molar-refractivity contribution in [3.63, 3.8) is 0 Å². The third-order valence-corrected chi connectivity index (χ3v) is 6.10. The SMILES string of the molecule is Cc1cc(NC(=O)C2CCN(C(=O)c3ccc(-c4ccc(F)cc4)s3)CC2)no1. The predicted molar refractivity (Wildman–Crippen MR) is 108 cm³/mol. The molecule has 0 aliphatic carbocycles. The standard InChI is InChI=1S/C21H20FN3O3S/c1-13-12-19(24-28-13)23-20(26)15-8-10-25(11-9-15)21(27)18-7-6-17(29-18)14-2-4-16(22)5-3-14/h2-7,12,15H,8-11H2,1H3,(H,23,24,26). The zero-order valence-electron chi connectivity index (χ0n) is 15.9. The molecule has 0 spiro atoms. The van der Waals surface area contributed by atoms with E-state index in [1.807, 2.05) is 6.07 Å². The van der Waals surface area contributed by atoms with E-state index in [4.69, 9.17) is 4.52 Å². The van der Waals surface area contributed by atoms with E-state index in [1.54, 1.807) is 36.1 Å². The number of nitrogens with one attached hydrogen (secondary N) is 1. The third kappa shape index (κ3) is 4.37. The molecule has 1 saturated heterocycles. The number of carbonyl (C=O) groups is 2. The predicted octanol–water partition coefficient (Wildman–Crippen LogP) is 4.34. The van der Waals surface area contributed by atoms with Crippen molar-refractivity contribution in [2.45, 2.75) is 19.8 Å². The lowest BCUT2D eigenvalue weighted by molar-refractivity contribution is -0.121. The molecule has 4 rings (SSSR count). The van der Waals surface area contributed by atoms with E-state index in [1.165, 1.54) is 23.5 Å². The van der Waals surface area contributed by atoms with Crippen LogP contribution in [-0.2, 0) is 4.79 Å². The summed E-state index contributed by atoms with van der Waals surface area (Å²) in [5, 5.41) is 6.54. The van der Waals surface area contributed by atoms with Gasteiger partial charge in [0.1, 0.15) is 11.6 Å². The Labute approximate surface area is 171 Å². The van der Waals surface area contributed by atoms with Crippen LogP contribution in [0.3, 0.4) is 0 Å². The molecule has 1 N–H and O–H groups in total.